The number of benzene rings is 1. The standard InChI is InChI=1S/C13H18O3/c1-8-9(2)15-10(3)16-13(8)11-6-4-5-7-12(11)14/h4-10,13-14H,1-3H3/t8-,9+,10+,13-/m0/s1. The Bertz CT molecular complexity index is 364. The van der Waals surface area contributed by atoms with Crippen molar-refractivity contribution in [1.82, 2.24) is 0 Å². The van der Waals surface area contributed by atoms with Gasteiger partial charge in [-0.05, 0) is 19.9 Å². The van der Waals surface area contributed by atoms with Gasteiger partial charge in [-0.25, -0.2) is 0 Å². The van der Waals surface area contributed by atoms with Crippen LogP contribution in [0.25, 0.3) is 0 Å². The number of phenolic OH excluding ortho intramolecular Hbond substituents is 1. The lowest BCUT2D eigenvalue weighted by Crippen LogP contribution is -2.37. The molecule has 4 atom stereocenters. The average molecular weight is 222 g/mol. The molecule has 1 aromatic rings. The minimum atomic E-state index is -0.226. The summed E-state index contributed by atoms with van der Waals surface area (Å²) in [4.78, 5) is 0. The third-order valence-corrected chi connectivity index (χ3v) is 3.21. The Labute approximate surface area is 96.0 Å². The predicted octanol–water partition coefficient (Wildman–Crippen LogP) is 2.85. The zero-order valence-electron chi connectivity index (χ0n) is 9.88. The quantitative estimate of drug-likeness (QED) is 0.794. The molecule has 3 nitrogen and oxygen atoms in total. The molecular weight excluding hydrogens is 204 g/mol. The summed E-state index contributed by atoms with van der Waals surface area (Å²) in [6.07, 6.45) is -0.191. The van der Waals surface area contributed by atoms with E-state index in [-0.39, 0.29) is 24.4 Å². The molecule has 1 heterocycles. The molecule has 1 aliphatic rings. The molecule has 2 rings (SSSR count). The van der Waals surface area contributed by atoms with Crippen LogP contribution < -0.4 is 0 Å². The van der Waals surface area contributed by atoms with Gasteiger partial charge in [0.1, 0.15) is 5.75 Å². The van der Waals surface area contributed by atoms with Crippen molar-refractivity contribution in [3.63, 3.8) is 0 Å². The normalized spacial score (nSPS) is 34.9. The molecule has 1 aliphatic heterocycles. The minimum absolute atomic E-state index is 0.0973. The Kier molecular flexibility index (Phi) is 3.17. The second-order valence-corrected chi connectivity index (χ2v) is 4.38. The molecular formula is C13H18O3. The first-order valence-electron chi connectivity index (χ1n) is 5.68. The second-order valence-electron chi connectivity index (χ2n) is 4.38. The molecule has 0 amide bonds. The van der Waals surface area contributed by atoms with Gasteiger partial charge in [0.05, 0.1) is 12.2 Å². The van der Waals surface area contributed by atoms with Gasteiger partial charge in [0.15, 0.2) is 6.29 Å². The fraction of sp³-hybridized carbons (Fsp3) is 0.538. The number of para-hydroxylation sites is 1. The maximum Gasteiger partial charge on any atom is 0.156 e. The summed E-state index contributed by atoms with van der Waals surface area (Å²) in [5.41, 5.74) is 0.844. The third kappa shape index (κ3) is 2.06. The Morgan fingerprint density at radius 2 is 1.75 bits per heavy atom. The highest BCUT2D eigenvalue weighted by Crippen LogP contribution is 2.38. The Balaban J connectivity index is 2.29. The van der Waals surface area contributed by atoms with Gasteiger partial charge >= 0.3 is 0 Å². The molecule has 88 valence electrons. The van der Waals surface area contributed by atoms with Crippen LogP contribution in [0.4, 0.5) is 0 Å². The van der Waals surface area contributed by atoms with Crippen LogP contribution in [0.2, 0.25) is 0 Å². The Morgan fingerprint density at radius 3 is 2.44 bits per heavy atom. The van der Waals surface area contributed by atoms with Gasteiger partial charge < -0.3 is 14.6 Å². The summed E-state index contributed by atoms with van der Waals surface area (Å²) < 4.78 is 11.3. The largest absolute Gasteiger partial charge is 0.508 e. The zero-order valence-corrected chi connectivity index (χ0v) is 9.88. The lowest BCUT2D eigenvalue weighted by Gasteiger charge is -2.38. The molecule has 1 N–H and O–H groups in total. The molecule has 1 aromatic carbocycles. The van der Waals surface area contributed by atoms with Crippen molar-refractivity contribution in [2.75, 3.05) is 0 Å². The summed E-state index contributed by atoms with van der Waals surface area (Å²) in [6, 6.07) is 7.32. The van der Waals surface area contributed by atoms with Gasteiger partial charge in [-0.15, -0.1) is 0 Å². The first kappa shape index (κ1) is 11.4. The van der Waals surface area contributed by atoms with E-state index in [4.69, 9.17) is 9.47 Å². The van der Waals surface area contributed by atoms with Crippen molar-refractivity contribution in [3.05, 3.63) is 29.8 Å². The fourth-order valence-electron chi connectivity index (χ4n) is 2.12. The van der Waals surface area contributed by atoms with Crippen LogP contribution in [0.5, 0.6) is 5.75 Å². The number of ether oxygens (including phenoxy) is 2. The monoisotopic (exact) mass is 222 g/mol. The third-order valence-electron chi connectivity index (χ3n) is 3.21. The summed E-state index contributed by atoms with van der Waals surface area (Å²) in [7, 11) is 0. The number of aromatic hydroxyl groups is 1. The molecule has 16 heavy (non-hydrogen) atoms. The molecule has 1 fully saturated rings. The number of hydrogen-bond donors (Lipinski definition) is 1. The highest BCUT2D eigenvalue weighted by atomic mass is 16.7. The second kappa shape index (κ2) is 4.44. The van der Waals surface area contributed by atoms with Gasteiger partial charge in [0.2, 0.25) is 0 Å². The topological polar surface area (TPSA) is 38.7 Å². The van der Waals surface area contributed by atoms with Gasteiger partial charge in [-0.3, -0.25) is 0 Å². The van der Waals surface area contributed by atoms with Crippen LogP contribution in [0.1, 0.15) is 32.4 Å². The van der Waals surface area contributed by atoms with Crippen molar-refractivity contribution in [1.29, 1.82) is 0 Å². The van der Waals surface area contributed by atoms with E-state index in [1.165, 1.54) is 0 Å². The van der Waals surface area contributed by atoms with Crippen LogP contribution in [0.15, 0.2) is 24.3 Å². The molecule has 0 saturated carbocycles. The summed E-state index contributed by atoms with van der Waals surface area (Å²) in [5.74, 6) is 0.519. The molecule has 0 aromatic heterocycles. The summed E-state index contributed by atoms with van der Waals surface area (Å²) >= 11 is 0. The van der Waals surface area contributed by atoms with Crippen molar-refractivity contribution in [2.45, 2.75) is 39.3 Å². The van der Waals surface area contributed by atoms with E-state index in [9.17, 15) is 5.11 Å². The van der Waals surface area contributed by atoms with E-state index < -0.39 is 0 Å². The molecule has 0 bridgehead atoms. The van der Waals surface area contributed by atoms with E-state index in [1.54, 1.807) is 6.07 Å². The first-order valence-corrected chi connectivity index (χ1v) is 5.68. The van der Waals surface area contributed by atoms with Gasteiger partial charge in [0.25, 0.3) is 0 Å². The molecule has 3 heteroatoms. The highest BCUT2D eigenvalue weighted by Gasteiger charge is 2.34. The molecule has 0 spiro atoms. The van der Waals surface area contributed by atoms with Gasteiger partial charge in [0, 0.05) is 11.5 Å². The lowest BCUT2D eigenvalue weighted by molar-refractivity contribution is -0.256. The zero-order chi connectivity index (χ0) is 11.7. The number of phenols is 1. The lowest BCUT2D eigenvalue weighted by atomic mass is 9.91. The maximum atomic E-state index is 9.83. The predicted molar refractivity (Wildman–Crippen MR) is 61.1 cm³/mol. The first-order chi connectivity index (χ1) is 7.59. The summed E-state index contributed by atoms with van der Waals surface area (Å²) in [6.45, 7) is 6.00. The van der Waals surface area contributed by atoms with E-state index in [2.05, 4.69) is 6.92 Å². The minimum Gasteiger partial charge on any atom is -0.508 e. The summed E-state index contributed by atoms with van der Waals surface area (Å²) in [5, 5.41) is 9.83. The SMILES string of the molecule is C[C@H]1O[C@H](c2ccccc2O)[C@@H](C)[C@@H](C)O1. The highest BCUT2D eigenvalue weighted by molar-refractivity contribution is 5.34. The molecule has 0 unspecified atom stereocenters. The van der Waals surface area contributed by atoms with Crippen LogP contribution in [0.3, 0.4) is 0 Å². The van der Waals surface area contributed by atoms with Crippen LogP contribution >= 0.6 is 0 Å². The van der Waals surface area contributed by atoms with E-state index >= 15 is 0 Å². The van der Waals surface area contributed by atoms with Crippen molar-refractivity contribution >= 4 is 0 Å². The number of hydrogen-bond acceptors (Lipinski definition) is 3. The van der Waals surface area contributed by atoms with Crippen LogP contribution in [0, 0.1) is 5.92 Å². The molecule has 0 radical (unpaired) electrons. The van der Waals surface area contributed by atoms with Crippen molar-refractivity contribution < 1.29 is 14.6 Å². The van der Waals surface area contributed by atoms with E-state index in [0.29, 0.717) is 5.75 Å². The Hall–Kier alpha value is -1.06. The van der Waals surface area contributed by atoms with Crippen molar-refractivity contribution in [2.24, 2.45) is 5.92 Å². The fourth-order valence-corrected chi connectivity index (χ4v) is 2.12. The molecule has 1 saturated heterocycles. The van der Waals surface area contributed by atoms with Gasteiger partial charge in [-0.1, -0.05) is 25.1 Å². The van der Waals surface area contributed by atoms with E-state index in [1.807, 2.05) is 32.0 Å². The molecule has 0 aliphatic carbocycles. The Morgan fingerprint density at radius 1 is 1.06 bits per heavy atom. The van der Waals surface area contributed by atoms with Crippen LogP contribution in [-0.4, -0.2) is 17.5 Å². The van der Waals surface area contributed by atoms with Gasteiger partial charge in [-0.2, -0.15) is 0 Å². The number of rotatable bonds is 1. The average Bonchev–Trinajstić information content (AvgIpc) is 2.24. The smallest absolute Gasteiger partial charge is 0.156 e. The van der Waals surface area contributed by atoms with E-state index in [0.717, 1.165) is 5.56 Å². The van der Waals surface area contributed by atoms with Crippen LogP contribution in [-0.2, 0) is 9.47 Å². The maximum absolute atomic E-state index is 9.83. The van der Waals surface area contributed by atoms with Crippen molar-refractivity contribution in [3.8, 4) is 5.75 Å².